The van der Waals surface area contributed by atoms with E-state index < -0.39 is 5.54 Å². The zero-order valence-corrected chi connectivity index (χ0v) is 20.2. The van der Waals surface area contributed by atoms with Crippen molar-refractivity contribution in [1.29, 1.82) is 0 Å². The molecule has 0 bridgehead atoms. The Morgan fingerprint density at radius 1 is 1.20 bits per heavy atom. The van der Waals surface area contributed by atoms with Crippen molar-refractivity contribution < 1.29 is 14.3 Å². The molecule has 2 amide bonds. The molecule has 0 saturated heterocycles. The molecule has 0 aromatic carbocycles. The van der Waals surface area contributed by atoms with E-state index in [2.05, 4.69) is 25.7 Å². The molecule has 0 atom stereocenters. The fourth-order valence-corrected chi connectivity index (χ4v) is 4.35. The monoisotopic (exact) mass is 480 g/mol. The maximum Gasteiger partial charge on any atom is 0.253 e. The van der Waals surface area contributed by atoms with E-state index in [4.69, 9.17) is 16.2 Å². The highest BCUT2D eigenvalue weighted by Gasteiger charge is 2.29. The van der Waals surface area contributed by atoms with E-state index in [0.29, 0.717) is 54.9 Å². The average molecular weight is 481 g/mol. The molecule has 3 aromatic heterocycles. The minimum Gasteiger partial charge on any atom is -0.481 e. The molecule has 4 rings (SSSR count). The summed E-state index contributed by atoms with van der Waals surface area (Å²) in [6.45, 7) is 4.18. The van der Waals surface area contributed by atoms with Gasteiger partial charge in [0.2, 0.25) is 11.8 Å². The second kappa shape index (κ2) is 9.87. The first-order chi connectivity index (χ1) is 16.7. The summed E-state index contributed by atoms with van der Waals surface area (Å²) in [6, 6.07) is 5.28. The van der Waals surface area contributed by atoms with E-state index in [9.17, 15) is 9.59 Å². The molecule has 11 nitrogen and oxygen atoms in total. The zero-order chi connectivity index (χ0) is 25.2. The van der Waals surface area contributed by atoms with E-state index in [1.165, 1.54) is 6.33 Å². The number of nitrogens with two attached hydrogens (primary N) is 2. The lowest BCUT2D eigenvalue weighted by Gasteiger charge is -2.29. The van der Waals surface area contributed by atoms with Crippen molar-refractivity contribution in [3.05, 3.63) is 36.3 Å². The standard InChI is InChI=1S/C24H32N8O3/c1-24(2,26)12-28-22(33)14-4-6-16(7-5-14)31-23(34)17-11-18(15-8-9-27-19(10-15)35-3)32-20(17)21(25)29-13-30-32/h8-11,13-14,16H,4-7,12,26H2,1-3H3,(H,28,33)(H,31,34)(H2,25,29,30)/t14-,16-. The van der Waals surface area contributed by atoms with Gasteiger partial charge in [-0.1, -0.05) is 0 Å². The molecule has 0 unspecified atom stereocenters. The number of pyridine rings is 1. The summed E-state index contributed by atoms with van der Waals surface area (Å²) in [4.78, 5) is 34.0. The van der Waals surface area contributed by atoms with Crippen LogP contribution in [0.3, 0.4) is 0 Å². The molecule has 1 aliphatic rings. The molecule has 3 heterocycles. The molecule has 11 heteroatoms. The smallest absolute Gasteiger partial charge is 0.253 e. The largest absolute Gasteiger partial charge is 0.481 e. The van der Waals surface area contributed by atoms with Gasteiger partial charge in [0.25, 0.3) is 5.91 Å². The first kappa shape index (κ1) is 24.4. The van der Waals surface area contributed by atoms with Crippen LogP contribution < -0.4 is 26.8 Å². The van der Waals surface area contributed by atoms with Gasteiger partial charge in [0.15, 0.2) is 5.82 Å². The molecule has 0 spiro atoms. The van der Waals surface area contributed by atoms with Crippen molar-refractivity contribution in [1.82, 2.24) is 30.2 Å². The van der Waals surface area contributed by atoms with Gasteiger partial charge in [-0.2, -0.15) is 5.10 Å². The van der Waals surface area contributed by atoms with Gasteiger partial charge in [-0.15, -0.1) is 0 Å². The summed E-state index contributed by atoms with van der Waals surface area (Å²) < 4.78 is 6.84. The molecule has 1 fully saturated rings. The van der Waals surface area contributed by atoms with E-state index in [-0.39, 0.29) is 29.6 Å². The highest BCUT2D eigenvalue weighted by Crippen LogP contribution is 2.30. The Hall–Kier alpha value is -3.73. The Morgan fingerprint density at radius 3 is 2.63 bits per heavy atom. The molecule has 6 N–H and O–H groups in total. The number of amides is 2. The summed E-state index contributed by atoms with van der Waals surface area (Å²) in [5.41, 5.74) is 13.9. The number of carbonyl (C=O) groups excluding carboxylic acids is 2. The maximum absolute atomic E-state index is 13.3. The van der Waals surface area contributed by atoms with Crippen LogP contribution in [-0.2, 0) is 4.79 Å². The fourth-order valence-electron chi connectivity index (χ4n) is 4.35. The Morgan fingerprint density at radius 2 is 1.94 bits per heavy atom. The first-order valence-electron chi connectivity index (χ1n) is 11.7. The number of methoxy groups -OCH3 is 1. The Kier molecular flexibility index (Phi) is 6.88. The number of nitrogens with zero attached hydrogens (tertiary/aromatic N) is 4. The summed E-state index contributed by atoms with van der Waals surface area (Å²) in [5.74, 6) is 0.350. The van der Waals surface area contributed by atoms with Crippen molar-refractivity contribution in [2.45, 2.75) is 51.1 Å². The minimum atomic E-state index is -0.451. The van der Waals surface area contributed by atoms with Crippen LogP contribution in [0.25, 0.3) is 16.8 Å². The van der Waals surface area contributed by atoms with Crippen LogP contribution in [0.5, 0.6) is 5.88 Å². The number of carbonyl (C=O) groups is 2. The number of hydrogen-bond donors (Lipinski definition) is 4. The quantitative estimate of drug-likeness (QED) is 0.395. The SMILES string of the molecule is COc1cc(-c2cc(C(=O)N[C@H]3CC[C@H](C(=O)NCC(C)(C)N)CC3)c3c(N)ncnn23)ccn1. The molecule has 1 saturated carbocycles. The Bertz CT molecular complexity index is 1230. The first-order valence-corrected chi connectivity index (χ1v) is 11.7. The lowest BCUT2D eigenvalue weighted by molar-refractivity contribution is -0.126. The van der Waals surface area contributed by atoms with Crippen LogP contribution in [0, 0.1) is 5.92 Å². The maximum atomic E-state index is 13.3. The highest BCUT2D eigenvalue weighted by atomic mass is 16.5. The predicted octanol–water partition coefficient (Wildman–Crippen LogP) is 1.52. The number of nitrogen functional groups attached to an aromatic ring is 1. The van der Waals surface area contributed by atoms with Crippen LogP contribution in [0.1, 0.15) is 49.9 Å². The number of aromatic nitrogens is 4. The summed E-state index contributed by atoms with van der Waals surface area (Å²) in [5, 5.41) is 10.4. The second-order valence-corrected chi connectivity index (χ2v) is 9.66. The minimum absolute atomic E-state index is 0.0223. The van der Waals surface area contributed by atoms with Gasteiger partial charge in [-0.25, -0.2) is 14.5 Å². The Balaban J connectivity index is 1.49. The molecule has 35 heavy (non-hydrogen) atoms. The molecule has 0 radical (unpaired) electrons. The van der Waals surface area contributed by atoms with Crippen LogP contribution in [0.4, 0.5) is 5.82 Å². The van der Waals surface area contributed by atoms with Crippen molar-refractivity contribution in [2.75, 3.05) is 19.4 Å². The highest BCUT2D eigenvalue weighted by molar-refractivity contribution is 6.05. The lowest BCUT2D eigenvalue weighted by atomic mass is 9.85. The van der Waals surface area contributed by atoms with Crippen molar-refractivity contribution in [3.63, 3.8) is 0 Å². The molecule has 1 aliphatic carbocycles. The van der Waals surface area contributed by atoms with Crippen molar-refractivity contribution in [2.24, 2.45) is 11.7 Å². The predicted molar refractivity (Wildman–Crippen MR) is 132 cm³/mol. The normalized spacial score (nSPS) is 18.3. The second-order valence-electron chi connectivity index (χ2n) is 9.66. The number of anilines is 1. The van der Waals surface area contributed by atoms with Gasteiger partial charge in [0, 0.05) is 41.9 Å². The van der Waals surface area contributed by atoms with Crippen LogP contribution in [0.2, 0.25) is 0 Å². The molecule has 3 aromatic rings. The van der Waals surface area contributed by atoms with E-state index in [1.54, 1.807) is 30.0 Å². The van der Waals surface area contributed by atoms with Crippen LogP contribution in [0.15, 0.2) is 30.7 Å². The van der Waals surface area contributed by atoms with Crippen molar-refractivity contribution in [3.8, 4) is 17.1 Å². The zero-order valence-electron chi connectivity index (χ0n) is 20.2. The summed E-state index contributed by atoms with van der Waals surface area (Å²) >= 11 is 0. The molecular formula is C24H32N8O3. The third-order valence-electron chi connectivity index (χ3n) is 6.22. The van der Waals surface area contributed by atoms with E-state index in [0.717, 1.165) is 5.56 Å². The average Bonchev–Trinajstić information content (AvgIpc) is 3.24. The topological polar surface area (TPSA) is 163 Å². The lowest BCUT2D eigenvalue weighted by Crippen LogP contribution is -2.47. The van der Waals surface area contributed by atoms with Gasteiger partial charge in [0.1, 0.15) is 11.8 Å². The number of hydrogen-bond acceptors (Lipinski definition) is 8. The Labute approximate surface area is 203 Å². The van der Waals surface area contributed by atoms with E-state index in [1.807, 2.05) is 19.9 Å². The number of ether oxygens (including phenoxy) is 1. The van der Waals surface area contributed by atoms with Gasteiger partial charge >= 0.3 is 0 Å². The third kappa shape index (κ3) is 5.51. The van der Waals surface area contributed by atoms with Crippen molar-refractivity contribution >= 4 is 23.1 Å². The molecular weight excluding hydrogens is 448 g/mol. The summed E-state index contributed by atoms with van der Waals surface area (Å²) in [7, 11) is 1.54. The van der Waals surface area contributed by atoms with Gasteiger partial charge in [-0.3, -0.25) is 9.59 Å². The van der Waals surface area contributed by atoms with E-state index >= 15 is 0 Å². The van der Waals surface area contributed by atoms with Gasteiger partial charge in [0.05, 0.1) is 18.4 Å². The number of nitrogens with one attached hydrogen (secondary N) is 2. The molecule has 0 aliphatic heterocycles. The van der Waals surface area contributed by atoms with Crippen LogP contribution in [-0.4, -0.2) is 56.6 Å². The molecule has 186 valence electrons. The van der Waals surface area contributed by atoms with Gasteiger partial charge in [-0.05, 0) is 51.7 Å². The van der Waals surface area contributed by atoms with Crippen LogP contribution >= 0.6 is 0 Å². The number of fused-ring (bicyclic) bond motifs is 1. The van der Waals surface area contributed by atoms with Gasteiger partial charge < -0.3 is 26.8 Å². The third-order valence-corrected chi connectivity index (χ3v) is 6.22. The number of rotatable bonds is 7. The fraction of sp³-hybridized carbons (Fsp3) is 0.458. The summed E-state index contributed by atoms with van der Waals surface area (Å²) in [6.07, 6.45) is 5.80.